The summed E-state index contributed by atoms with van der Waals surface area (Å²) < 4.78 is 5.53. The summed E-state index contributed by atoms with van der Waals surface area (Å²) in [5.41, 5.74) is 0.592. The smallest absolute Gasteiger partial charge is 0.316 e. The molecule has 0 spiro atoms. The van der Waals surface area contributed by atoms with Crippen molar-refractivity contribution in [3.63, 3.8) is 0 Å². The van der Waals surface area contributed by atoms with E-state index in [-0.39, 0.29) is 18.6 Å². The van der Waals surface area contributed by atoms with Crippen LogP contribution < -0.4 is 0 Å². The van der Waals surface area contributed by atoms with Gasteiger partial charge in [0.2, 0.25) is 0 Å². The minimum atomic E-state index is -0.560. The van der Waals surface area contributed by atoms with E-state index >= 15 is 0 Å². The molecule has 0 radical (unpaired) electrons. The maximum Gasteiger partial charge on any atom is 0.316 e. The first kappa shape index (κ1) is 20.5. The van der Waals surface area contributed by atoms with Crippen molar-refractivity contribution in [3.8, 4) is 0 Å². The zero-order valence-electron chi connectivity index (χ0n) is 15.2. The second-order valence-electron chi connectivity index (χ2n) is 7.25. The Hall–Kier alpha value is -1.55. The normalized spacial score (nSPS) is 12.8. The lowest BCUT2D eigenvalue weighted by Crippen LogP contribution is -2.41. The van der Waals surface area contributed by atoms with Gasteiger partial charge >= 0.3 is 11.3 Å². The Morgan fingerprint density at radius 2 is 1.75 bits per heavy atom. The van der Waals surface area contributed by atoms with E-state index in [1.54, 1.807) is 0 Å². The van der Waals surface area contributed by atoms with E-state index in [0.29, 0.717) is 6.42 Å². The van der Waals surface area contributed by atoms with Crippen LogP contribution in [-0.4, -0.2) is 34.4 Å². The van der Waals surface area contributed by atoms with Gasteiger partial charge in [0.05, 0.1) is 5.92 Å². The molecule has 0 saturated carbocycles. The molecule has 0 bridgehead atoms. The highest BCUT2D eigenvalue weighted by Gasteiger charge is 2.29. The molecule has 0 fully saturated rings. The maximum absolute atomic E-state index is 12.6. The summed E-state index contributed by atoms with van der Waals surface area (Å²) in [4.78, 5) is 25.7. The molecule has 5 heteroatoms. The molecule has 0 heterocycles. The van der Waals surface area contributed by atoms with Crippen molar-refractivity contribution < 1.29 is 14.3 Å². The number of hydrogen-bond acceptors (Lipinski definition) is 3. The zero-order chi connectivity index (χ0) is 18.3. The van der Waals surface area contributed by atoms with Gasteiger partial charge in [-0.2, -0.15) is 0 Å². The third kappa shape index (κ3) is 7.35. The van der Waals surface area contributed by atoms with Crippen molar-refractivity contribution in [2.45, 2.75) is 59.1 Å². The molecule has 0 aromatic heterocycles. The summed E-state index contributed by atoms with van der Waals surface area (Å²) in [6.45, 7) is 9.54. The van der Waals surface area contributed by atoms with Crippen LogP contribution in [0.3, 0.4) is 0 Å². The molecule has 1 atom stereocenters. The molecule has 1 rings (SSSR count). The molecule has 4 nitrogen and oxygen atoms in total. The van der Waals surface area contributed by atoms with E-state index in [2.05, 4.69) is 0 Å². The fraction of sp³-hybridized carbons (Fsp3) is 0.579. The van der Waals surface area contributed by atoms with Crippen molar-refractivity contribution in [2.75, 3.05) is 6.54 Å². The fourth-order valence-electron chi connectivity index (χ4n) is 2.38. The van der Waals surface area contributed by atoms with Gasteiger partial charge in [-0.3, -0.25) is 9.59 Å². The predicted molar refractivity (Wildman–Crippen MR) is 97.2 cm³/mol. The predicted octanol–water partition coefficient (Wildman–Crippen LogP) is 4.65. The Bertz CT molecular complexity index is 537. The highest BCUT2D eigenvalue weighted by Crippen LogP contribution is 2.19. The number of benzene rings is 1. The summed E-state index contributed by atoms with van der Waals surface area (Å²) in [6.07, 6.45) is 1.35. The number of carbonyl (C=O) groups is 2. The second-order valence-corrected chi connectivity index (χ2v) is 7.58. The van der Waals surface area contributed by atoms with Gasteiger partial charge in [-0.05, 0) is 64.6 Å². The molecule has 0 saturated heterocycles. The Morgan fingerprint density at radius 3 is 2.21 bits per heavy atom. The van der Waals surface area contributed by atoms with E-state index in [0.717, 1.165) is 12.0 Å². The quantitative estimate of drug-likeness (QED) is 0.407. The van der Waals surface area contributed by atoms with Gasteiger partial charge in [-0.15, -0.1) is 0 Å². The average Bonchev–Trinajstić information content (AvgIpc) is 2.45. The first-order valence-electron chi connectivity index (χ1n) is 8.33. The zero-order valence-corrected chi connectivity index (χ0v) is 16.0. The van der Waals surface area contributed by atoms with E-state index in [1.165, 1.54) is 4.90 Å². The van der Waals surface area contributed by atoms with Crippen LogP contribution in [0.25, 0.3) is 0 Å². The van der Waals surface area contributed by atoms with Crippen LogP contribution in [0.15, 0.2) is 30.3 Å². The molecule has 134 valence electrons. The Morgan fingerprint density at radius 1 is 1.17 bits per heavy atom. The van der Waals surface area contributed by atoms with E-state index in [9.17, 15) is 9.59 Å². The Kier molecular flexibility index (Phi) is 7.74. The third-order valence-corrected chi connectivity index (χ3v) is 3.85. The molecule has 1 unspecified atom stereocenters. The molecule has 0 aliphatic carbocycles. The van der Waals surface area contributed by atoms with Crippen molar-refractivity contribution in [1.82, 2.24) is 4.90 Å². The summed E-state index contributed by atoms with van der Waals surface area (Å²) in [6, 6.07) is 9.89. The van der Waals surface area contributed by atoms with Gasteiger partial charge in [0.25, 0.3) is 0 Å². The van der Waals surface area contributed by atoms with Crippen LogP contribution in [0.1, 0.15) is 46.6 Å². The topological polar surface area (TPSA) is 46.6 Å². The number of esters is 1. The number of rotatable bonds is 7. The van der Waals surface area contributed by atoms with Crippen LogP contribution in [0.5, 0.6) is 0 Å². The number of carbonyl (C=O) groups excluding carboxylic acids is 2. The van der Waals surface area contributed by atoms with Crippen LogP contribution in [-0.2, 0) is 16.0 Å². The van der Waals surface area contributed by atoms with Gasteiger partial charge < -0.3 is 9.64 Å². The molecule has 1 aromatic rings. The van der Waals surface area contributed by atoms with Crippen LogP contribution in [0.4, 0.5) is 4.79 Å². The third-order valence-electron chi connectivity index (χ3n) is 3.63. The summed E-state index contributed by atoms with van der Waals surface area (Å²) in [5.74, 6) is -0.698. The van der Waals surface area contributed by atoms with Gasteiger partial charge in [0.15, 0.2) is 0 Å². The molecule has 0 aliphatic heterocycles. The number of hydrogen-bond donors (Lipinski definition) is 0. The molecule has 1 amide bonds. The van der Waals surface area contributed by atoms with Crippen LogP contribution >= 0.6 is 11.6 Å². The maximum atomic E-state index is 12.6. The minimum Gasteiger partial charge on any atom is -0.460 e. The van der Waals surface area contributed by atoms with Crippen molar-refractivity contribution in [3.05, 3.63) is 35.9 Å². The van der Waals surface area contributed by atoms with Crippen molar-refractivity contribution >= 4 is 22.9 Å². The van der Waals surface area contributed by atoms with Gasteiger partial charge in [-0.25, -0.2) is 0 Å². The summed E-state index contributed by atoms with van der Waals surface area (Å²) in [5, 5.41) is -0.543. The molecule has 0 N–H and O–H groups in total. The second kappa shape index (κ2) is 9.07. The number of ether oxygens (including phenoxy) is 1. The molecular weight excluding hydrogens is 326 g/mol. The van der Waals surface area contributed by atoms with Gasteiger partial charge in [0.1, 0.15) is 5.60 Å². The average molecular weight is 354 g/mol. The largest absolute Gasteiger partial charge is 0.460 e. The van der Waals surface area contributed by atoms with Gasteiger partial charge in [0, 0.05) is 12.6 Å². The van der Waals surface area contributed by atoms with Crippen LogP contribution in [0, 0.1) is 5.92 Å². The first-order chi connectivity index (χ1) is 11.1. The Labute approximate surface area is 150 Å². The van der Waals surface area contributed by atoms with E-state index in [1.807, 2.05) is 65.0 Å². The standard InChI is InChI=1S/C19H28ClNO3/c1-14(2)21(18(20)23)13-16(17(22)24-19(3,4)5)12-11-15-9-7-6-8-10-15/h6-10,14,16H,11-13H2,1-5H3. The molecule has 1 aromatic carbocycles. The Balaban J connectivity index is 2.85. The summed E-state index contributed by atoms with van der Waals surface area (Å²) in [7, 11) is 0. The number of amides is 1. The monoisotopic (exact) mass is 353 g/mol. The SMILES string of the molecule is CC(C)N(CC(CCc1ccccc1)C(=O)OC(C)(C)C)C(=O)Cl. The lowest BCUT2D eigenvalue weighted by atomic mass is 9.98. The lowest BCUT2D eigenvalue weighted by molar-refractivity contribution is -0.160. The number of aryl methyl sites for hydroxylation is 1. The first-order valence-corrected chi connectivity index (χ1v) is 8.71. The summed E-state index contributed by atoms with van der Waals surface area (Å²) >= 11 is 5.67. The fourth-order valence-corrected chi connectivity index (χ4v) is 2.64. The molecule has 24 heavy (non-hydrogen) atoms. The molecular formula is C19H28ClNO3. The van der Waals surface area contributed by atoms with Crippen LogP contribution in [0.2, 0.25) is 0 Å². The van der Waals surface area contributed by atoms with Crippen molar-refractivity contribution in [1.29, 1.82) is 0 Å². The number of halogens is 1. The van der Waals surface area contributed by atoms with E-state index < -0.39 is 16.9 Å². The number of nitrogens with zero attached hydrogens (tertiary/aromatic N) is 1. The molecule has 0 aliphatic rings. The van der Waals surface area contributed by atoms with E-state index in [4.69, 9.17) is 16.3 Å². The minimum absolute atomic E-state index is 0.0725. The highest BCUT2D eigenvalue weighted by atomic mass is 35.5. The lowest BCUT2D eigenvalue weighted by Gasteiger charge is -2.30. The highest BCUT2D eigenvalue weighted by molar-refractivity contribution is 6.62. The van der Waals surface area contributed by atoms with Gasteiger partial charge in [-0.1, -0.05) is 30.3 Å². The van der Waals surface area contributed by atoms with Crippen molar-refractivity contribution in [2.24, 2.45) is 5.92 Å².